The molecule has 4 aromatic rings. The molecule has 3 N–H and O–H groups in total. The van der Waals surface area contributed by atoms with E-state index in [-0.39, 0.29) is 23.7 Å². The maximum absolute atomic E-state index is 13.8. The van der Waals surface area contributed by atoms with Crippen molar-refractivity contribution in [2.45, 2.75) is 18.9 Å². The van der Waals surface area contributed by atoms with Crippen LogP contribution in [0.5, 0.6) is 0 Å². The van der Waals surface area contributed by atoms with Crippen LogP contribution in [0, 0.1) is 17.1 Å². The first-order valence-electron chi connectivity index (χ1n) is 13.9. The minimum atomic E-state index is -0.308. The van der Waals surface area contributed by atoms with Gasteiger partial charge in [0.25, 0.3) is 0 Å². The van der Waals surface area contributed by atoms with Gasteiger partial charge in [0, 0.05) is 31.6 Å². The quantitative estimate of drug-likeness (QED) is 0.218. The smallest absolute Gasteiger partial charge is 0.228 e. The molecule has 2 aliphatic heterocycles. The summed E-state index contributed by atoms with van der Waals surface area (Å²) in [5, 5.41) is 15.2. The standard InChI is InChI=1S/C30H31FN8O3/c31-22-4-1-3-21(17-22)25-19-41-16-14-39(25)26(32)7-8-27-33-18-24(34-27)23-5-2-6-29(35-23)38-12-9-20(10-13-38)30(40)36-28-11-15-42-37-28/h1-8,11,15,17-18,20,25,32H,9-10,12-14,16,19H2,(H,33,34)(H,36,37,40)/b8-7-,32-26?. The van der Waals surface area contributed by atoms with E-state index in [1.54, 1.807) is 30.5 Å². The summed E-state index contributed by atoms with van der Waals surface area (Å²) in [4.78, 5) is 29.2. The van der Waals surface area contributed by atoms with Gasteiger partial charge in [0.2, 0.25) is 5.91 Å². The zero-order chi connectivity index (χ0) is 28.9. The number of amidine groups is 1. The summed E-state index contributed by atoms with van der Waals surface area (Å²) < 4.78 is 24.2. The van der Waals surface area contributed by atoms with Gasteiger partial charge in [-0.1, -0.05) is 23.4 Å². The molecule has 42 heavy (non-hydrogen) atoms. The fraction of sp³-hybridized carbons (Fsp3) is 0.300. The molecule has 0 aliphatic carbocycles. The van der Waals surface area contributed by atoms with Crippen LogP contribution in [0.3, 0.4) is 0 Å². The zero-order valence-electron chi connectivity index (χ0n) is 22.9. The van der Waals surface area contributed by atoms with Crippen LogP contribution in [0.2, 0.25) is 0 Å². The zero-order valence-corrected chi connectivity index (χ0v) is 22.9. The van der Waals surface area contributed by atoms with Crippen molar-refractivity contribution >= 4 is 29.5 Å². The van der Waals surface area contributed by atoms with Gasteiger partial charge in [0.05, 0.1) is 36.8 Å². The minimum Gasteiger partial charge on any atom is -0.377 e. The second kappa shape index (κ2) is 12.4. The molecule has 12 heteroatoms. The predicted molar refractivity (Wildman–Crippen MR) is 155 cm³/mol. The molecule has 0 saturated carbocycles. The maximum Gasteiger partial charge on any atom is 0.228 e. The van der Waals surface area contributed by atoms with Crippen molar-refractivity contribution in [3.05, 3.63) is 84.3 Å². The molecule has 2 saturated heterocycles. The van der Waals surface area contributed by atoms with Gasteiger partial charge in [-0.25, -0.2) is 14.4 Å². The molecule has 11 nitrogen and oxygen atoms in total. The molecule has 0 spiro atoms. The van der Waals surface area contributed by atoms with Crippen molar-refractivity contribution < 1.29 is 18.4 Å². The molecule has 1 aromatic carbocycles. The summed E-state index contributed by atoms with van der Waals surface area (Å²) in [6.07, 6.45) is 8.01. The summed E-state index contributed by atoms with van der Waals surface area (Å²) >= 11 is 0. The van der Waals surface area contributed by atoms with Gasteiger partial charge in [-0.2, -0.15) is 0 Å². The first-order chi connectivity index (χ1) is 20.5. The molecular weight excluding hydrogens is 539 g/mol. The van der Waals surface area contributed by atoms with Crippen LogP contribution in [0.25, 0.3) is 17.5 Å². The Balaban J connectivity index is 1.08. The van der Waals surface area contributed by atoms with Gasteiger partial charge in [-0.3, -0.25) is 10.2 Å². The summed E-state index contributed by atoms with van der Waals surface area (Å²) in [6.45, 7) is 2.85. The molecular formula is C30H31FN8O3. The second-order valence-corrected chi connectivity index (χ2v) is 10.3. The number of aromatic nitrogens is 4. The van der Waals surface area contributed by atoms with Crippen molar-refractivity contribution in [1.29, 1.82) is 5.41 Å². The van der Waals surface area contributed by atoms with Crippen molar-refractivity contribution in [3.8, 4) is 11.4 Å². The van der Waals surface area contributed by atoms with Crippen molar-refractivity contribution in [2.75, 3.05) is 43.1 Å². The Kier molecular flexibility index (Phi) is 8.04. The van der Waals surface area contributed by atoms with Crippen LogP contribution < -0.4 is 10.2 Å². The monoisotopic (exact) mass is 570 g/mol. The number of pyridine rings is 1. The predicted octanol–water partition coefficient (Wildman–Crippen LogP) is 4.52. The lowest BCUT2D eigenvalue weighted by Gasteiger charge is -2.36. The van der Waals surface area contributed by atoms with E-state index in [0.29, 0.717) is 63.2 Å². The van der Waals surface area contributed by atoms with E-state index in [1.807, 2.05) is 29.2 Å². The Bertz CT molecular complexity index is 1560. The van der Waals surface area contributed by atoms with Crippen LogP contribution in [-0.4, -0.2) is 69.6 Å². The normalized spacial score (nSPS) is 18.0. The number of hydrogen-bond donors (Lipinski definition) is 3. The highest BCUT2D eigenvalue weighted by Gasteiger charge is 2.27. The number of morpholine rings is 1. The van der Waals surface area contributed by atoms with E-state index in [2.05, 4.69) is 25.3 Å². The van der Waals surface area contributed by atoms with Gasteiger partial charge >= 0.3 is 0 Å². The van der Waals surface area contributed by atoms with Crippen LogP contribution in [0.1, 0.15) is 30.3 Å². The number of nitrogens with zero attached hydrogens (tertiary/aromatic N) is 5. The molecule has 2 aliphatic rings. The van der Waals surface area contributed by atoms with Crippen molar-refractivity contribution in [1.82, 2.24) is 25.0 Å². The number of anilines is 2. The summed E-state index contributed by atoms with van der Waals surface area (Å²) in [6, 6.07) is 13.7. The number of ether oxygens (including phenoxy) is 1. The number of nitrogens with one attached hydrogen (secondary N) is 3. The number of H-pyrrole nitrogens is 1. The van der Waals surface area contributed by atoms with Crippen LogP contribution in [-0.2, 0) is 9.53 Å². The largest absolute Gasteiger partial charge is 0.377 e. The Hall–Kier alpha value is -4.84. The third kappa shape index (κ3) is 6.23. The van der Waals surface area contributed by atoms with Crippen LogP contribution >= 0.6 is 0 Å². The summed E-state index contributed by atoms with van der Waals surface area (Å²) in [5.74, 6) is 1.71. The Morgan fingerprint density at radius 2 is 2.00 bits per heavy atom. The molecule has 1 amide bonds. The number of carbonyl (C=O) groups is 1. The second-order valence-electron chi connectivity index (χ2n) is 10.3. The third-order valence-corrected chi connectivity index (χ3v) is 7.56. The van der Waals surface area contributed by atoms with Gasteiger partial charge in [-0.15, -0.1) is 0 Å². The summed E-state index contributed by atoms with van der Waals surface area (Å²) in [7, 11) is 0. The lowest BCUT2D eigenvalue weighted by atomic mass is 9.96. The van der Waals surface area contributed by atoms with E-state index < -0.39 is 0 Å². The van der Waals surface area contributed by atoms with E-state index in [1.165, 1.54) is 18.4 Å². The molecule has 0 radical (unpaired) electrons. The first kappa shape index (κ1) is 27.3. The lowest BCUT2D eigenvalue weighted by molar-refractivity contribution is -0.120. The molecule has 5 heterocycles. The van der Waals surface area contributed by atoms with Crippen LogP contribution in [0.4, 0.5) is 16.0 Å². The molecule has 1 unspecified atom stereocenters. The van der Waals surface area contributed by atoms with Crippen LogP contribution in [0.15, 0.2) is 71.6 Å². The fourth-order valence-corrected chi connectivity index (χ4v) is 5.31. The van der Waals surface area contributed by atoms with E-state index in [0.717, 1.165) is 22.8 Å². The number of halogens is 1. The molecule has 216 valence electrons. The number of hydrogen-bond acceptors (Lipinski definition) is 8. The first-order valence-corrected chi connectivity index (χ1v) is 13.9. The average molecular weight is 571 g/mol. The number of carbonyl (C=O) groups excluding carboxylic acids is 1. The SMILES string of the molecule is N=C(/C=C\c1ncc(-c2cccc(N3CCC(C(=O)Nc4ccon4)CC3)n2)[nH]1)N1CCOCC1c1cccc(F)c1. The van der Waals surface area contributed by atoms with Gasteiger partial charge in [0.1, 0.15) is 29.6 Å². The van der Waals surface area contributed by atoms with Gasteiger partial charge < -0.3 is 29.4 Å². The minimum absolute atomic E-state index is 0.0468. The number of piperidine rings is 1. The van der Waals surface area contributed by atoms with E-state index in [4.69, 9.17) is 19.7 Å². The van der Waals surface area contributed by atoms with E-state index >= 15 is 0 Å². The number of amides is 1. The average Bonchev–Trinajstić information content (AvgIpc) is 3.73. The molecule has 0 bridgehead atoms. The number of rotatable bonds is 7. The Morgan fingerprint density at radius 1 is 1.14 bits per heavy atom. The van der Waals surface area contributed by atoms with Gasteiger partial charge in [0.15, 0.2) is 5.82 Å². The molecule has 3 aromatic heterocycles. The number of aromatic amines is 1. The van der Waals surface area contributed by atoms with Crippen molar-refractivity contribution in [3.63, 3.8) is 0 Å². The Morgan fingerprint density at radius 3 is 2.81 bits per heavy atom. The van der Waals surface area contributed by atoms with Crippen molar-refractivity contribution in [2.24, 2.45) is 5.92 Å². The number of imidazole rings is 1. The Labute approximate surface area is 241 Å². The highest BCUT2D eigenvalue weighted by Crippen LogP contribution is 2.27. The van der Waals surface area contributed by atoms with Gasteiger partial charge in [-0.05, 0) is 54.8 Å². The fourth-order valence-electron chi connectivity index (χ4n) is 5.31. The summed E-state index contributed by atoms with van der Waals surface area (Å²) in [5.41, 5.74) is 2.28. The lowest BCUT2D eigenvalue weighted by Crippen LogP contribution is -2.42. The topological polar surface area (TPSA) is 136 Å². The van der Waals surface area contributed by atoms with E-state index in [9.17, 15) is 9.18 Å². The molecule has 6 rings (SSSR count). The third-order valence-electron chi connectivity index (χ3n) is 7.56. The highest BCUT2D eigenvalue weighted by atomic mass is 19.1. The molecule has 1 atom stereocenters. The maximum atomic E-state index is 13.8. The highest BCUT2D eigenvalue weighted by molar-refractivity contribution is 5.94. The molecule has 2 fully saturated rings. The number of benzene rings is 1.